The van der Waals surface area contributed by atoms with Crippen LogP contribution in [0, 0.1) is 6.92 Å². The van der Waals surface area contributed by atoms with E-state index in [-0.39, 0.29) is 5.91 Å². The molecule has 1 fully saturated rings. The van der Waals surface area contributed by atoms with Crippen molar-refractivity contribution in [3.63, 3.8) is 0 Å². The van der Waals surface area contributed by atoms with E-state index in [0.717, 1.165) is 33.4 Å². The fourth-order valence-corrected chi connectivity index (χ4v) is 5.42. The molecule has 1 heterocycles. The number of nitrogens with zero attached hydrogens (tertiary/aromatic N) is 1. The summed E-state index contributed by atoms with van der Waals surface area (Å²) in [6.45, 7) is 6.23. The van der Waals surface area contributed by atoms with Gasteiger partial charge < -0.3 is 5.32 Å². The van der Waals surface area contributed by atoms with Crippen LogP contribution in [-0.4, -0.2) is 10.9 Å². The number of benzene rings is 3. The lowest BCUT2D eigenvalue weighted by Gasteiger charge is -2.22. The Kier molecular flexibility index (Phi) is 6.68. The fraction of sp³-hybridized carbons (Fsp3) is 0.312. The van der Waals surface area contributed by atoms with Gasteiger partial charge in [0.15, 0.2) is 0 Å². The number of fused-ring (bicyclic) bond motifs is 1. The smallest absolute Gasteiger partial charge is 0.256 e. The Morgan fingerprint density at radius 2 is 1.60 bits per heavy atom. The van der Waals surface area contributed by atoms with Crippen molar-refractivity contribution in [1.29, 1.82) is 0 Å². The first kappa shape index (κ1) is 23.3. The molecule has 178 valence electrons. The van der Waals surface area contributed by atoms with Crippen LogP contribution in [0.25, 0.3) is 22.0 Å². The highest BCUT2D eigenvalue weighted by molar-refractivity contribution is 6.13. The van der Waals surface area contributed by atoms with Gasteiger partial charge in [-0.25, -0.2) is 0 Å². The van der Waals surface area contributed by atoms with Crippen LogP contribution >= 0.6 is 0 Å². The molecule has 1 aliphatic rings. The molecule has 1 aromatic heterocycles. The average Bonchev–Trinajstić information content (AvgIpc) is 2.88. The summed E-state index contributed by atoms with van der Waals surface area (Å²) < 4.78 is 0. The van der Waals surface area contributed by atoms with E-state index in [1.54, 1.807) is 0 Å². The second-order valence-electron chi connectivity index (χ2n) is 10.2. The van der Waals surface area contributed by atoms with E-state index in [1.807, 2.05) is 37.3 Å². The molecule has 3 aromatic carbocycles. The maximum Gasteiger partial charge on any atom is 0.256 e. The van der Waals surface area contributed by atoms with Gasteiger partial charge in [-0.1, -0.05) is 87.7 Å². The summed E-state index contributed by atoms with van der Waals surface area (Å²) in [7, 11) is 0. The molecule has 1 saturated carbocycles. The van der Waals surface area contributed by atoms with E-state index in [1.165, 1.54) is 43.2 Å². The normalized spacial score (nSPS) is 14.4. The largest absolute Gasteiger partial charge is 0.322 e. The standard InChI is InChI=1S/C32H34N2O/c1-21(2)27-11-7-8-12-30(27)34-32(35)29-19-22(3)33-31-20-26(17-18-28(29)31)25-15-13-24(14-16-25)23-9-5-4-6-10-23/h7-8,11-21,23H,4-6,9-10H2,1-3H3,(H,34,35). The SMILES string of the molecule is Cc1cc(C(=O)Nc2ccccc2C(C)C)c2ccc(-c3ccc(C4CCCCC4)cc3)cc2n1. The Balaban J connectivity index is 1.44. The van der Waals surface area contributed by atoms with Crippen molar-refractivity contribution in [2.45, 2.75) is 64.7 Å². The van der Waals surface area contributed by atoms with Crippen LogP contribution in [-0.2, 0) is 0 Å². The van der Waals surface area contributed by atoms with Crippen LogP contribution in [0.1, 0.15) is 85.0 Å². The van der Waals surface area contributed by atoms with E-state index in [0.29, 0.717) is 17.4 Å². The molecule has 0 radical (unpaired) electrons. The molecule has 0 bridgehead atoms. The van der Waals surface area contributed by atoms with Crippen molar-refractivity contribution < 1.29 is 4.79 Å². The van der Waals surface area contributed by atoms with Gasteiger partial charge in [0.1, 0.15) is 0 Å². The van der Waals surface area contributed by atoms with Gasteiger partial charge in [0.05, 0.1) is 11.1 Å². The molecule has 4 aromatic rings. The Morgan fingerprint density at radius 1 is 0.886 bits per heavy atom. The van der Waals surface area contributed by atoms with Crippen molar-refractivity contribution in [3.8, 4) is 11.1 Å². The number of rotatable bonds is 5. The zero-order valence-corrected chi connectivity index (χ0v) is 21.0. The highest BCUT2D eigenvalue weighted by atomic mass is 16.1. The maximum absolute atomic E-state index is 13.4. The van der Waals surface area contributed by atoms with Crippen LogP contribution in [0.5, 0.6) is 0 Å². The quantitative estimate of drug-likeness (QED) is 0.322. The third-order valence-corrected chi connectivity index (χ3v) is 7.33. The summed E-state index contributed by atoms with van der Waals surface area (Å²) in [5, 5.41) is 4.02. The molecule has 3 heteroatoms. The van der Waals surface area contributed by atoms with Crippen LogP contribution in [0.2, 0.25) is 0 Å². The van der Waals surface area contributed by atoms with E-state index in [9.17, 15) is 4.79 Å². The van der Waals surface area contributed by atoms with Crippen molar-refractivity contribution >= 4 is 22.5 Å². The van der Waals surface area contributed by atoms with Gasteiger partial charge in [0.25, 0.3) is 5.91 Å². The highest BCUT2D eigenvalue weighted by Gasteiger charge is 2.17. The summed E-state index contributed by atoms with van der Waals surface area (Å²) in [5.74, 6) is 0.938. The number of pyridine rings is 1. The molecule has 0 unspecified atom stereocenters. The van der Waals surface area contributed by atoms with Crippen molar-refractivity contribution in [1.82, 2.24) is 4.98 Å². The predicted molar refractivity (Wildman–Crippen MR) is 146 cm³/mol. The molecule has 5 rings (SSSR count). The number of aryl methyl sites for hydroxylation is 1. The van der Waals surface area contributed by atoms with Gasteiger partial charge in [0, 0.05) is 16.8 Å². The van der Waals surface area contributed by atoms with E-state index >= 15 is 0 Å². The van der Waals surface area contributed by atoms with E-state index in [4.69, 9.17) is 4.98 Å². The third kappa shape index (κ3) is 5.00. The number of anilines is 1. The minimum Gasteiger partial charge on any atom is -0.322 e. The van der Waals surface area contributed by atoms with Crippen molar-refractivity contribution in [3.05, 3.63) is 95.2 Å². The van der Waals surface area contributed by atoms with Crippen LogP contribution < -0.4 is 5.32 Å². The highest BCUT2D eigenvalue weighted by Crippen LogP contribution is 2.34. The Morgan fingerprint density at radius 3 is 2.34 bits per heavy atom. The Hall–Kier alpha value is -3.46. The van der Waals surface area contributed by atoms with Gasteiger partial charge in [0.2, 0.25) is 0 Å². The van der Waals surface area contributed by atoms with Crippen LogP contribution in [0.4, 0.5) is 5.69 Å². The molecule has 1 aliphatic carbocycles. The molecule has 0 saturated heterocycles. The predicted octanol–water partition coefficient (Wildman–Crippen LogP) is 8.63. The zero-order chi connectivity index (χ0) is 24.4. The number of aromatic nitrogens is 1. The maximum atomic E-state index is 13.4. The zero-order valence-electron chi connectivity index (χ0n) is 21.0. The topological polar surface area (TPSA) is 42.0 Å². The monoisotopic (exact) mass is 462 g/mol. The third-order valence-electron chi connectivity index (χ3n) is 7.33. The lowest BCUT2D eigenvalue weighted by molar-refractivity contribution is 0.102. The molecule has 35 heavy (non-hydrogen) atoms. The van der Waals surface area contributed by atoms with Gasteiger partial charge >= 0.3 is 0 Å². The summed E-state index contributed by atoms with van der Waals surface area (Å²) in [5.41, 5.74) is 8.12. The number of carbonyl (C=O) groups excluding carboxylic acids is 1. The molecular weight excluding hydrogens is 428 g/mol. The average molecular weight is 463 g/mol. The lowest BCUT2D eigenvalue weighted by Crippen LogP contribution is -2.14. The van der Waals surface area contributed by atoms with E-state index < -0.39 is 0 Å². The molecule has 0 atom stereocenters. The molecule has 0 spiro atoms. The summed E-state index contributed by atoms with van der Waals surface area (Å²) in [6.07, 6.45) is 6.69. The Labute approximate surface area is 208 Å². The lowest BCUT2D eigenvalue weighted by atomic mass is 9.83. The summed E-state index contributed by atoms with van der Waals surface area (Å²) in [6, 6.07) is 25.2. The molecular formula is C32H34N2O. The van der Waals surface area contributed by atoms with Crippen molar-refractivity contribution in [2.75, 3.05) is 5.32 Å². The van der Waals surface area contributed by atoms with Gasteiger partial charge in [-0.05, 0) is 72.1 Å². The molecule has 0 aliphatic heterocycles. The first-order valence-corrected chi connectivity index (χ1v) is 12.9. The number of nitrogens with one attached hydrogen (secondary N) is 1. The molecule has 1 amide bonds. The summed E-state index contributed by atoms with van der Waals surface area (Å²) in [4.78, 5) is 18.1. The minimum atomic E-state index is -0.0989. The fourth-order valence-electron chi connectivity index (χ4n) is 5.42. The second kappa shape index (κ2) is 10.0. The first-order chi connectivity index (χ1) is 17.0. The summed E-state index contributed by atoms with van der Waals surface area (Å²) >= 11 is 0. The number of hydrogen-bond donors (Lipinski definition) is 1. The first-order valence-electron chi connectivity index (χ1n) is 12.9. The number of amides is 1. The van der Waals surface area contributed by atoms with Crippen molar-refractivity contribution in [2.24, 2.45) is 0 Å². The second-order valence-corrected chi connectivity index (χ2v) is 10.2. The number of hydrogen-bond acceptors (Lipinski definition) is 2. The van der Waals surface area contributed by atoms with Crippen LogP contribution in [0.15, 0.2) is 72.8 Å². The van der Waals surface area contributed by atoms with E-state index in [2.05, 4.69) is 61.6 Å². The Bertz CT molecular complexity index is 1350. The molecule has 1 N–H and O–H groups in total. The van der Waals surface area contributed by atoms with Crippen LogP contribution in [0.3, 0.4) is 0 Å². The minimum absolute atomic E-state index is 0.0989. The molecule has 3 nitrogen and oxygen atoms in total. The van der Waals surface area contributed by atoms with Gasteiger partial charge in [-0.15, -0.1) is 0 Å². The van der Waals surface area contributed by atoms with Gasteiger partial charge in [-0.2, -0.15) is 0 Å². The van der Waals surface area contributed by atoms with Gasteiger partial charge in [-0.3, -0.25) is 9.78 Å². The number of carbonyl (C=O) groups is 1. The number of para-hydroxylation sites is 1.